The highest BCUT2D eigenvalue weighted by Gasteiger charge is 2.15. The second-order valence-electron chi connectivity index (χ2n) is 7.20. The molecule has 1 aromatic heterocycles. The van der Waals surface area contributed by atoms with Crippen LogP contribution in [0.4, 0.5) is 4.39 Å². The molecule has 4 rings (SSSR count). The summed E-state index contributed by atoms with van der Waals surface area (Å²) in [6, 6.07) is 17.6. The van der Waals surface area contributed by atoms with Crippen LogP contribution in [0.15, 0.2) is 60.7 Å². The quantitative estimate of drug-likeness (QED) is 0.239. The minimum absolute atomic E-state index is 0.0654. The average molecular weight is 519 g/mol. The predicted octanol–water partition coefficient (Wildman–Crippen LogP) is 6.77. The maximum atomic E-state index is 14.1. The molecule has 0 atom stereocenters. The van der Waals surface area contributed by atoms with Crippen LogP contribution in [0.5, 0.6) is 11.5 Å². The minimum atomic E-state index is -0.441. The zero-order chi connectivity index (χ0) is 24.1. The van der Waals surface area contributed by atoms with Crippen molar-refractivity contribution >= 4 is 35.4 Å². The SMILES string of the molecule is CCOc1cc(CNn2c(-c3ccccc3)n[nH]c2=S)c(Cl)cc1OCc1c(F)cccc1Cl. The summed E-state index contributed by atoms with van der Waals surface area (Å²) in [4.78, 5) is 0. The van der Waals surface area contributed by atoms with Crippen molar-refractivity contribution in [3.63, 3.8) is 0 Å². The van der Waals surface area contributed by atoms with Gasteiger partial charge in [0.15, 0.2) is 17.3 Å². The highest BCUT2D eigenvalue weighted by Crippen LogP contribution is 2.35. The first-order valence-corrected chi connectivity index (χ1v) is 11.6. The lowest BCUT2D eigenvalue weighted by Gasteiger charge is -2.17. The molecule has 1 heterocycles. The van der Waals surface area contributed by atoms with Crippen LogP contribution >= 0.6 is 35.4 Å². The first-order chi connectivity index (χ1) is 16.5. The Bertz CT molecular complexity index is 1320. The Morgan fingerprint density at radius 2 is 1.79 bits per heavy atom. The van der Waals surface area contributed by atoms with Crippen LogP contribution in [0.25, 0.3) is 11.4 Å². The summed E-state index contributed by atoms with van der Waals surface area (Å²) in [5, 5.41) is 7.85. The van der Waals surface area contributed by atoms with Crippen LogP contribution in [0.2, 0.25) is 10.0 Å². The fraction of sp³-hybridized carbons (Fsp3) is 0.167. The van der Waals surface area contributed by atoms with Crippen molar-refractivity contribution in [2.24, 2.45) is 0 Å². The molecule has 4 aromatic rings. The van der Waals surface area contributed by atoms with Gasteiger partial charge in [-0.15, -0.1) is 0 Å². The molecule has 0 aliphatic carbocycles. The molecule has 0 aliphatic heterocycles. The molecule has 6 nitrogen and oxygen atoms in total. The smallest absolute Gasteiger partial charge is 0.214 e. The molecule has 10 heteroatoms. The minimum Gasteiger partial charge on any atom is -0.490 e. The number of hydrogen-bond acceptors (Lipinski definition) is 5. The van der Waals surface area contributed by atoms with Gasteiger partial charge < -0.3 is 14.9 Å². The lowest BCUT2D eigenvalue weighted by molar-refractivity contribution is 0.265. The van der Waals surface area contributed by atoms with Crippen molar-refractivity contribution < 1.29 is 13.9 Å². The summed E-state index contributed by atoms with van der Waals surface area (Å²) in [5.41, 5.74) is 5.17. The number of H-pyrrole nitrogens is 1. The molecule has 3 aromatic carbocycles. The first-order valence-electron chi connectivity index (χ1n) is 10.5. The van der Waals surface area contributed by atoms with Crippen molar-refractivity contribution in [2.75, 3.05) is 12.0 Å². The maximum Gasteiger partial charge on any atom is 0.214 e. The maximum absolute atomic E-state index is 14.1. The van der Waals surface area contributed by atoms with E-state index >= 15 is 0 Å². The average Bonchev–Trinajstić information content (AvgIpc) is 3.20. The summed E-state index contributed by atoms with van der Waals surface area (Å²) >= 11 is 18.0. The van der Waals surface area contributed by atoms with E-state index in [4.69, 9.17) is 44.9 Å². The molecule has 176 valence electrons. The molecule has 0 aliphatic rings. The second-order valence-corrected chi connectivity index (χ2v) is 8.40. The summed E-state index contributed by atoms with van der Waals surface area (Å²) in [6.45, 7) is 2.55. The van der Waals surface area contributed by atoms with Crippen LogP contribution in [0.1, 0.15) is 18.1 Å². The highest BCUT2D eigenvalue weighted by molar-refractivity contribution is 7.71. The molecule has 0 radical (unpaired) electrons. The van der Waals surface area contributed by atoms with Crippen molar-refractivity contribution in [2.45, 2.75) is 20.1 Å². The number of nitrogens with zero attached hydrogens (tertiary/aromatic N) is 2. The number of nitrogens with one attached hydrogen (secondary N) is 2. The third kappa shape index (κ3) is 5.35. The summed E-state index contributed by atoms with van der Waals surface area (Å²) in [6.07, 6.45) is 0. The van der Waals surface area contributed by atoms with E-state index in [-0.39, 0.29) is 17.2 Å². The van der Waals surface area contributed by atoms with Crippen LogP contribution in [0.3, 0.4) is 0 Å². The molecule has 0 spiro atoms. The van der Waals surface area contributed by atoms with Gasteiger partial charge in [-0.05, 0) is 42.9 Å². The predicted molar refractivity (Wildman–Crippen MR) is 134 cm³/mol. The Morgan fingerprint density at radius 1 is 1.03 bits per heavy atom. The Balaban J connectivity index is 1.56. The Kier molecular flexibility index (Phi) is 7.72. The van der Waals surface area contributed by atoms with Crippen LogP contribution in [-0.2, 0) is 13.2 Å². The molecule has 0 unspecified atom stereocenters. The third-order valence-corrected chi connectivity index (χ3v) is 5.96. The third-order valence-electron chi connectivity index (χ3n) is 4.98. The van der Waals surface area contributed by atoms with Gasteiger partial charge in [-0.1, -0.05) is 59.6 Å². The Hall–Kier alpha value is -3.07. The Morgan fingerprint density at radius 3 is 2.53 bits per heavy atom. The van der Waals surface area contributed by atoms with E-state index in [1.165, 1.54) is 6.07 Å². The van der Waals surface area contributed by atoms with E-state index in [2.05, 4.69) is 15.6 Å². The van der Waals surface area contributed by atoms with Gasteiger partial charge in [-0.2, -0.15) is 5.10 Å². The monoisotopic (exact) mass is 518 g/mol. The molecule has 0 bridgehead atoms. The highest BCUT2D eigenvalue weighted by atomic mass is 35.5. The molecule has 0 amide bonds. The summed E-state index contributed by atoms with van der Waals surface area (Å²) in [5.74, 6) is 1.08. The van der Waals surface area contributed by atoms with Gasteiger partial charge in [0, 0.05) is 22.2 Å². The zero-order valence-electron chi connectivity index (χ0n) is 18.1. The standard InChI is InChI=1S/C24H21Cl2FN4O2S/c1-2-32-21-11-16(13-28-31-23(29-30-24(31)34)15-7-4-3-5-8-15)19(26)12-22(21)33-14-17-18(25)9-6-10-20(17)27/h3-12,28H,2,13-14H2,1H3,(H,30,34). The molecule has 0 saturated heterocycles. The Labute approximate surface area is 211 Å². The van der Waals surface area contributed by atoms with Gasteiger partial charge in [0.05, 0.1) is 18.2 Å². The van der Waals surface area contributed by atoms with Gasteiger partial charge in [-0.3, -0.25) is 0 Å². The summed E-state index contributed by atoms with van der Waals surface area (Å²) in [7, 11) is 0. The topological polar surface area (TPSA) is 64.1 Å². The van der Waals surface area contributed by atoms with Gasteiger partial charge in [0.1, 0.15) is 12.4 Å². The molecule has 0 fully saturated rings. The van der Waals surface area contributed by atoms with Gasteiger partial charge in [0.25, 0.3) is 0 Å². The van der Waals surface area contributed by atoms with Crippen molar-refractivity contribution in [3.05, 3.63) is 92.4 Å². The molecule has 34 heavy (non-hydrogen) atoms. The number of rotatable bonds is 9. The fourth-order valence-corrected chi connectivity index (χ4v) is 3.94. The lowest BCUT2D eigenvalue weighted by Crippen LogP contribution is -2.16. The van der Waals surface area contributed by atoms with Crippen molar-refractivity contribution in [1.82, 2.24) is 14.9 Å². The van der Waals surface area contributed by atoms with Gasteiger partial charge in [0.2, 0.25) is 4.77 Å². The number of hydrogen-bond donors (Lipinski definition) is 2. The molecule has 2 N–H and O–H groups in total. The van der Waals surface area contributed by atoms with E-state index < -0.39 is 5.82 Å². The van der Waals surface area contributed by atoms with E-state index in [9.17, 15) is 4.39 Å². The second kappa shape index (κ2) is 10.9. The number of aromatic amines is 1. The lowest BCUT2D eigenvalue weighted by atomic mass is 10.2. The molecule has 0 saturated carbocycles. The summed E-state index contributed by atoms with van der Waals surface area (Å²) < 4.78 is 27.8. The first kappa shape index (κ1) is 24.1. The number of aromatic nitrogens is 3. The van der Waals surface area contributed by atoms with Crippen LogP contribution < -0.4 is 14.9 Å². The van der Waals surface area contributed by atoms with E-state index in [1.54, 1.807) is 28.9 Å². The van der Waals surface area contributed by atoms with Crippen LogP contribution in [-0.4, -0.2) is 21.5 Å². The number of benzene rings is 3. The van der Waals surface area contributed by atoms with E-state index in [0.717, 1.165) is 11.1 Å². The normalized spacial score (nSPS) is 10.8. The number of halogens is 3. The molecular formula is C24H21Cl2FN4O2S. The van der Waals surface area contributed by atoms with Crippen molar-refractivity contribution in [3.8, 4) is 22.9 Å². The fourth-order valence-electron chi connectivity index (χ4n) is 3.30. The van der Waals surface area contributed by atoms with Crippen LogP contribution in [0, 0.1) is 10.6 Å². The van der Waals surface area contributed by atoms with E-state index in [1.807, 2.05) is 37.3 Å². The molecular weight excluding hydrogens is 498 g/mol. The van der Waals surface area contributed by atoms with Gasteiger partial charge in [-0.25, -0.2) is 14.2 Å². The van der Waals surface area contributed by atoms with Gasteiger partial charge >= 0.3 is 0 Å². The van der Waals surface area contributed by atoms with E-state index in [0.29, 0.717) is 40.3 Å². The zero-order valence-corrected chi connectivity index (χ0v) is 20.5. The largest absolute Gasteiger partial charge is 0.490 e. The number of ether oxygens (including phenoxy) is 2. The van der Waals surface area contributed by atoms with Crippen molar-refractivity contribution in [1.29, 1.82) is 0 Å².